The first-order valence-corrected chi connectivity index (χ1v) is 10.00. The van der Waals surface area contributed by atoms with E-state index < -0.39 is 5.24 Å². The molecule has 4 nitrogen and oxygen atoms in total. The molecule has 2 aromatic rings. The number of hydrazine groups is 1. The van der Waals surface area contributed by atoms with E-state index in [1.165, 1.54) is 10.6 Å². The SMILES string of the molecule is Cc1cc(C(=O)N(N)C(C)(C)C)cc(C)c1C(C)(C)C.Cl.Cl.O=C(Cl)c1ccccc1. The molecule has 2 rings (SSSR count). The van der Waals surface area contributed by atoms with Gasteiger partial charge in [-0.25, -0.2) is 5.84 Å². The summed E-state index contributed by atoms with van der Waals surface area (Å²) in [6.45, 7) is 16.5. The number of rotatable bonds is 2. The van der Waals surface area contributed by atoms with Gasteiger partial charge in [-0.15, -0.1) is 24.8 Å². The fourth-order valence-electron chi connectivity index (χ4n) is 3.28. The molecule has 0 aliphatic carbocycles. The number of aryl methyl sites for hydroxylation is 2. The summed E-state index contributed by atoms with van der Waals surface area (Å²) in [7, 11) is 0. The summed E-state index contributed by atoms with van der Waals surface area (Å²) in [4.78, 5) is 22.9. The Kier molecular flexibility index (Phi) is 12.7. The van der Waals surface area contributed by atoms with Gasteiger partial charge in [0, 0.05) is 11.1 Å². The topological polar surface area (TPSA) is 63.4 Å². The third-order valence-corrected chi connectivity index (χ3v) is 4.69. The second-order valence-corrected chi connectivity index (χ2v) is 9.56. The minimum Gasteiger partial charge on any atom is -0.276 e. The second-order valence-electron chi connectivity index (χ2n) is 9.22. The Balaban J connectivity index is 0. The van der Waals surface area contributed by atoms with E-state index in [0.29, 0.717) is 11.1 Å². The molecule has 0 aliphatic heterocycles. The molecule has 0 aliphatic rings. The van der Waals surface area contributed by atoms with E-state index in [-0.39, 0.29) is 41.7 Å². The van der Waals surface area contributed by atoms with Crippen LogP contribution in [0.3, 0.4) is 0 Å². The van der Waals surface area contributed by atoms with Crippen molar-refractivity contribution in [2.24, 2.45) is 5.84 Å². The van der Waals surface area contributed by atoms with Gasteiger partial charge in [-0.1, -0.05) is 51.1 Å². The standard InChI is InChI=1S/C17H28N2O.C7H5ClO.2ClH/c1-11-9-13(15(20)19(18)17(6,7)8)10-12(2)14(11)16(3,4)5;8-7(9)6-4-2-1-3-5-6;;/h9-10H,18H2,1-8H3;1-5H;2*1H. The fourth-order valence-corrected chi connectivity index (χ4v) is 3.41. The molecule has 1 amide bonds. The minimum atomic E-state index is -0.407. The molecule has 0 saturated carbocycles. The lowest BCUT2D eigenvalue weighted by atomic mass is 9.80. The highest BCUT2D eigenvalue weighted by Crippen LogP contribution is 2.30. The maximum absolute atomic E-state index is 12.5. The van der Waals surface area contributed by atoms with Crippen molar-refractivity contribution in [1.82, 2.24) is 5.01 Å². The zero-order chi connectivity index (χ0) is 22.6. The molecule has 0 fully saturated rings. The first-order chi connectivity index (χ1) is 13.2. The molecule has 0 bridgehead atoms. The van der Waals surface area contributed by atoms with Crippen molar-refractivity contribution < 1.29 is 9.59 Å². The Morgan fingerprint density at radius 3 is 1.55 bits per heavy atom. The molecule has 0 spiro atoms. The summed E-state index contributed by atoms with van der Waals surface area (Å²) in [5.41, 5.74) is 4.47. The summed E-state index contributed by atoms with van der Waals surface area (Å²) in [5.74, 6) is 5.80. The number of halogens is 3. The predicted molar refractivity (Wildman–Crippen MR) is 136 cm³/mol. The van der Waals surface area contributed by atoms with E-state index >= 15 is 0 Å². The van der Waals surface area contributed by atoms with Gasteiger partial charge in [0.15, 0.2) is 0 Å². The Morgan fingerprint density at radius 2 is 1.26 bits per heavy atom. The summed E-state index contributed by atoms with van der Waals surface area (Å²) in [6, 6.07) is 12.6. The van der Waals surface area contributed by atoms with Gasteiger partial charge in [0.25, 0.3) is 11.1 Å². The Bertz CT molecular complexity index is 848. The minimum absolute atomic E-state index is 0. The van der Waals surface area contributed by atoms with Gasteiger partial charge >= 0.3 is 0 Å². The van der Waals surface area contributed by atoms with Gasteiger partial charge in [-0.2, -0.15) is 0 Å². The van der Waals surface area contributed by atoms with Crippen molar-refractivity contribution in [2.75, 3.05) is 0 Å². The molecule has 0 unspecified atom stereocenters. The highest BCUT2D eigenvalue weighted by molar-refractivity contribution is 6.67. The molecule has 31 heavy (non-hydrogen) atoms. The van der Waals surface area contributed by atoms with Gasteiger partial charge in [0.1, 0.15) is 0 Å². The Hall–Kier alpha value is -1.59. The van der Waals surface area contributed by atoms with Crippen LogP contribution >= 0.6 is 36.4 Å². The molecule has 174 valence electrons. The van der Waals surface area contributed by atoms with Crippen molar-refractivity contribution in [1.29, 1.82) is 0 Å². The summed E-state index contributed by atoms with van der Waals surface area (Å²) >= 11 is 5.16. The quantitative estimate of drug-likeness (QED) is 0.223. The third-order valence-electron chi connectivity index (χ3n) is 4.47. The molecule has 0 heterocycles. The molecular weight excluding hydrogens is 455 g/mol. The van der Waals surface area contributed by atoms with E-state index in [9.17, 15) is 9.59 Å². The zero-order valence-electron chi connectivity index (χ0n) is 19.6. The zero-order valence-corrected chi connectivity index (χ0v) is 22.0. The molecule has 2 aromatic carbocycles. The lowest BCUT2D eigenvalue weighted by molar-refractivity contribution is 0.0581. The Morgan fingerprint density at radius 1 is 0.839 bits per heavy atom. The molecule has 2 N–H and O–H groups in total. The number of nitrogens with zero attached hydrogens (tertiary/aromatic N) is 1. The molecule has 7 heteroatoms. The molecule has 0 aromatic heterocycles. The number of carbonyl (C=O) groups excluding carboxylic acids is 2. The fraction of sp³-hybridized carbons (Fsp3) is 0.417. The lowest BCUT2D eigenvalue weighted by Gasteiger charge is -2.32. The van der Waals surface area contributed by atoms with E-state index in [1.807, 2.05) is 39.0 Å². The largest absolute Gasteiger partial charge is 0.276 e. The van der Waals surface area contributed by atoms with Crippen LogP contribution in [0.1, 0.15) is 78.9 Å². The average Bonchev–Trinajstić information content (AvgIpc) is 2.59. The van der Waals surface area contributed by atoms with Crippen molar-refractivity contribution in [3.8, 4) is 0 Å². The highest BCUT2D eigenvalue weighted by atomic mass is 35.5. The van der Waals surface area contributed by atoms with E-state index in [0.717, 1.165) is 11.1 Å². The highest BCUT2D eigenvalue weighted by Gasteiger charge is 2.26. The van der Waals surface area contributed by atoms with Crippen LogP contribution in [-0.2, 0) is 5.41 Å². The molecular formula is C24H35Cl3N2O2. The van der Waals surface area contributed by atoms with E-state index in [4.69, 9.17) is 17.4 Å². The normalized spacial score (nSPS) is 10.6. The number of hydrogen-bond acceptors (Lipinski definition) is 3. The van der Waals surface area contributed by atoms with Crippen LogP contribution in [0.15, 0.2) is 42.5 Å². The van der Waals surface area contributed by atoms with Crippen LogP contribution in [0.25, 0.3) is 0 Å². The summed E-state index contributed by atoms with van der Waals surface area (Å²) in [6.07, 6.45) is 0. The van der Waals surface area contributed by atoms with Crippen LogP contribution in [0, 0.1) is 13.8 Å². The van der Waals surface area contributed by atoms with Crippen LogP contribution in [-0.4, -0.2) is 21.7 Å². The number of nitrogens with two attached hydrogens (primary N) is 1. The molecule has 0 radical (unpaired) electrons. The number of amides is 1. The van der Waals surface area contributed by atoms with Crippen LogP contribution in [0.5, 0.6) is 0 Å². The van der Waals surface area contributed by atoms with Crippen molar-refractivity contribution in [3.63, 3.8) is 0 Å². The predicted octanol–water partition coefficient (Wildman–Crippen LogP) is 6.62. The monoisotopic (exact) mass is 488 g/mol. The average molecular weight is 490 g/mol. The van der Waals surface area contributed by atoms with Gasteiger partial charge in [0.05, 0.1) is 5.54 Å². The first-order valence-electron chi connectivity index (χ1n) is 9.62. The van der Waals surface area contributed by atoms with Gasteiger partial charge < -0.3 is 0 Å². The molecule has 0 atom stereocenters. The maximum atomic E-state index is 12.5. The van der Waals surface area contributed by atoms with Crippen molar-refractivity contribution >= 4 is 47.6 Å². The lowest BCUT2D eigenvalue weighted by Crippen LogP contribution is -2.50. The first kappa shape index (κ1) is 31.6. The number of carbonyl (C=O) groups is 2. The van der Waals surface area contributed by atoms with E-state index in [1.54, 1.807) is 24.3 Å². The molecule has 0 saturated heterocycles. The second kappa shape index (κ2) is 12.4. The number of hydrogen-bond donors (Lipinski definition) is 1. The number of benzene rings is 2. The van der Waals surface area contributed by atoms with E-state index in [2.05, 4.69) is 34.6 Å². The van der Waals surface area contributed by atoms with Gasteiger partial charge in [0.2, 0.25) is 0 Å². The smallest absolute Gasteiger partial charge is 0.268 e. The summed E-state index contributed by atoms with van der Waals surface area (Å²) in [5, 5.41) is 0.897. The third kappa shape index (κ3) is 9.20. The van der Waals surface area contributed by atoms with Crippen molar-refractivity contribution in [3.05, 3.63) is 70.3 Å². The van der Waals surface area contributed by atoms with Crippen LogP contribution < -0.4 is 5.84 Å². The maximum Gasteiger partial charge on any atom is 0.268 e. The van der Waals surface area contributed by atoms with Gasteiger partial charge in [-0.05, 0) is 80.5 Å². The van der Waals surface area contributed by atoms with Crippen LogP contribution in [0.2, 0.25) is 0 Å². The Labute approximate surface area is 204 Å². The van der Waals surface area contributed by atoms with Crippen LogP contribution in [0.4, 0.5) is 0 Å². The summed E-state index contributed by atoms with van der Waals surface area (Å²) < 4.78 is 0. The van der Waals surface area contributed by atoms with Crippen molar-refractivity contribution in [2.45, 2.75) is 66.3 Å². The van der Waals surface area contributed by atoms with Gasteiger partial charge in [-0.3, -0.25) is 14.6 Å².